The molecule has 6 heteroatoms. The maximum Gasteiger partial charge on any atom is 0.252 e. The molecule has 5 nitrogen and oxygen atoms in total. The van der Waals surface area contributed by atoms with Crippen LogP contribution in [0.15, 0.2) is 47.3 Å². The third-order valence-corrected chi connectivity index (χ3v) is 4.50. The van der Waals surface area contributed by atoms with Crippen LogP contribution in [0.4, 0.5) is 4.39 Å². The van der Waals surface area contributed by atoms with Gasteiger partial charge in [-0.1, -0.05) is 12.1 Å². The van der Waals surface area contributed by atoms with E-state index in [4.69, 9.17) is 5.73 Å². The number of nitrogens with two attached hydrogens (primary N) is 1. The van der Waals surface area contributed by atoms with E-state index in [1.807, 2.05) is 0 Å². The largest absolute Gasteiger partial charge is 0.508 e. The molecule has 0 saturated heterocycles. The van der Waals surface area contributed by atoms with E-state index in [1.54, 1.807) is 22.8 Å². The summed E-state index contributed by atoms with van der Waals surface area (Å²) in [6, 6.07) is 10.2. The zero-order chi connectivity index (χ0) is 17.7. The van der Waals surface area contributed by atoms with Crippen LogP contribution >= 0.6 is 0 Å². The molecule has 1 heterocycles. The summed E-state index contributed by atoms with van der Waals surface area (Å²) in [5.74, 6) is -1.21. The second-order valence-corrected chi connectivity index (χ2v) is 6.26. The first kappa shape index (κ1) is 15.4. The first-order chi connectivity index (χ1) is 12.0. The summed E-state index contributed by atoms with van der Waals surface area (Å²) in [6.07, 6.45) is 1.74. The Morgan fingerprint density at radius 2 is 1.84 bits per heavy atom. The molecule has 0 atom stereocenters. The fraction of sp³-hybridized carbons (Fsp3) is 0.158. The molecule has 1 aromatic heterocycles. The average molecular weight is 338 g/mol. The van der Waals surface area contributed by atoms with Crippen molar-refractivity contribution in [3.05, 3.63) is 64.2 Å². The van der Waals surface area contributed by atoms with Crippen molar-refractivity contribution in [3.8, 4) is 16.9 Å². The lowest BCUT2D eigenvalue weighted by Crippen LogP contribution is -2.23. The van der Waals surface area contributed by atoms with E-state index in [9.17, 15) is 19.1 Å². The fourth-order valence-electron chi connectivity index (χ4n) is 3.14. The van der Waals surface area contributed by atoms with Crippen molar-refractivity contribution < 1.29 is 14.3 Å². The molecule has 1 fully saturated rings. The number of fused-ring (bicyclic) bond motifs is 1. The molecule has 25 heavy (non-hydrogen) atoms. The number of hydrogen-bond acceptors (Lipinski definition) is 3. The van der Waals surface area contributed by atoms with Crippen LogP contribution < -0.4 is 11.3 Å². The zero-order valence-electron chi connectivity index (χ0n) is 13.2. The van der Waals surface area contributed by atoms with Crippen molar-refractivity contribution in [1.82, 2.24) is 4.57 Å². The molecule has 0 spiro atoms. The highest BCUT2D eigenvalue weighted by Crippen LogP contribution is 2.38. The molecule has 1 saturated carbocycles. The summed E-state index contributed by atoms with van der Waals surface area (Å²) < 4.78 is 16.3. The molecule has 1 amide bonds. The summed E-state index contributed by atoms with van der Waals surface area (Å²) in [5, 5.41) is 9.75. The van der Waals surface area contributed by atoms with Gasteiger partial charge in [0.05, 0.1) is 11.1 Å². The average Bonchev–Trinajstić information content (AvgIpc) is 3.39. The lowest BCUT2D eigenvalue weighted by Gasteiger charge is -2.14. The number of carbonyl (C=O) groups is 1. The summed E-state index contributed by atoms with van der Waals surface area (Å²) in [5.41, 5.74) is 6.43. The Bertz CT molecular complexity index is 1070. The molecule has 3 aromatic rings. The van der Waals surface area contributed by atoms with Gasteiger partial charge in [-0.3, -0.25) is 9.59 Å². The number of aromatic nitrogens is 1. The van der Waals surface area contributed by atoms with Gasteiger partial charge in [-0.2, -0.15) is 0 Å². The molecule has 126 valence electrons. The highest BCUT2D eigenvalue weighted by atomic mass is 19.1. The predicted molar refractivity (Wildman–Crippen MR) is 92.1 cm³/mol. The fourth-order valence-corrected chi connectivity index (χ4v) is 3.14. The molecule has 0 unspecified atom stereocenters. The predicted octanol–water partition coefficient (Wildman–Crippen LogP) is 2.95. The lowest BCUT2D eigenvalue weighted by atomic mass is 10.00. The van der Waals surface area contributed by atoms with Gasteiger partial charge in [0.2, 0.25) is 5.91 Å². The number of amides is 1. The summed E-state index contributed by atoms with van der Waals surface area (Å²) in [4.78, 5) is 24.1. The normalized spacial score (nSPS) is 14.0. The lowest BCUT2D eigenvalue weighted by molar-refractivity contribution is 0.100. The van der Waals surface area contributed by atoms with Crippen LogP contribution in [0.3, 0.4) is 0 Å². The topological polar surface area (TPSA) is 85.3 Å². The number of phenols is 1. The molecule has 1 aliphatic carbocycles. The van der Waals surface area contributed by atoms with Crippen LogP contribution in [0.1, 0.15) is 29.2 Å². The van der Waals surface area contributed by atoms with Gasteiger partial charge in [-0.05, 0) is 42.7 Å². The molecule has 4 rings (SSSR count). The Hall–Kier alpha value is -3.15. The van der Waals surface area contributed by atoms with Crippen molar-refractivity contribution in [2.24, 2.45) is 5.73 Å². The number of pyridine rings is 1. The highest BCUT2D eigenvalue weighted by Gasteiger charge is 2.28. The third kappa shape index (κ3) is 2.55. The van der Waals surface area contributed by atoms with Gasteiger partial charge in [0, 0.05) is 23.1 Å². The molecule has 0 aliphatic heterocycles. The van der Waals surface area contributed by atoms with Crippen molar-refractivity contribution >= 4 is 16.8 Å². The number of halogens is 1. The second-order valence-electron chi connectivity index (χ2n) is 6.26. The number of aromatic hydroxyl groups is 1. The Morgan fingerprint density at radius 1 is 1.16 bits per heavy atom. The van der Waals surface area contributed by atoms with Gasteiger partial charge in [-0.15, -0.1) is 0 Å². The minimum atomic E-state index is -0.762. The maximum absolute atomic E-state index is 14.7. The Morgan fingerprint density at radius 3 is 2.44 bits per heavy atom. The van der Waals surface area contributed by atoms with Gasteiger partial charge >= 0.3 is 0 Å². The van der Waals surface area contributed by atoms with Crippen LogP contribution in [0.5, 0.6) is 5.75 Å². The highest BCUT2D eigenvalue weighted by molar-refractivity contribution is 6.06. The second kappa shape index (κ2) is 5.44. The molecular weight excluding hydrogens is 323 g/mol. The third-order valence-electron chi connectivity index (χ3n) is 4.50. The Kier molecular flexibility index (Phi) is 3.35. The van der Waals surface area contributed by atoms with Crippen LogP contribution in [0.2, 0.25) is 0 Å². The summed E-state index contributed by atoms with van der Waals surface area (Å²) >= 11 is 0. The van der Waals surface area contributed by atoms with E-state index >= 15 is 0 Å². The van der Waals surface area contributed by atoms with Gasteiger partial charge in [0.25, 0.3) is 5.56 Å². The van der Waals surface area contributed by atoms with E-state index < -0.39 is 11.7 Å². The molecular formula is C19H15FN2O3. The van der Waals surface area contributed by atoms with Crippen LogP contribution in [0.25, 0.3) is 22.0 Å². The van der Waals surface area contributed by atoms with Crippen LogP contribution in [-0.2, 0) is 0 Å². The minimum absolute atomic E-state index is 0.0213. The standard InChI is InChI=1S/C19H15FN2O3/c20-16-7-14-15(19(21)25)9-18(24)22(11-3-4-11)17(14)8-13(16)10-1-5-12(23)6-2-10/h1-2,5-9,11,23H,3-4H2,(H2,21,25). The number of primary amides is 1. The van der Waals surface area contributed by atoms with Crippen molar-refractivity contribution in [3.63, 3.8) is 0 Å². The first-order valence-corrected chi connectivity index (χ1v) is 7.93. The number of nitrogens with zero attached hydrogens (tertiary/aromatic N) is 1. The molecule has 3 N–H and O–H groups in total. The molecule has 1 aliphatic rings. The van der Waals surface area contributed by atoms with Gasteiger partial charge in [0.15, 0.2) is 0 Å². The first-order valence-electron chi connectivity index (χ1n) is 7.93. The molecule has 2 aromatic carbocycles. The Labute approximate surface area is 142 Å². The van der Waals surface area contributed by atoms with Crippen molar-refractivity contribution in [2.45, 2.75) is 18.9 Å². The van der Waals surface area contributed by atoms with Crippen molar-refractivity contribution in [2.75, 3.05) is 0 Å². The number of carbonyl (C=O) groups excluding carboxylic acids is 1. The van der Waals surface area contributed by atoms with E-state index in [0.29, 0.717) is 22.0 Å². The van der Waals surface area contributed by atoms with E-state index in [2.05, 4.69) is 0 Å². The van der Waals surface area contributed by atoms with E-state index in [0.717, 1.165) is 12.8 Å². The quantitative estimate of drug-likeness (QED) is 0.770. The monoisotopic (exact) mass is 338 g/mol. The summed E-state index contributed by atoms with van der Waals surface area (Å²) in [6.45, 7) is 0. The molecule has 0 bridgehead atoms. The van der Waals surface area contributed by atoms with Crippen LogP contribution in [0, 0.1) is 5.82 Å². The van der Waals surface area contributed by atoms with Gasteiger partial charge in [0.1, 0.15) is 11.6 Å². The Balaban J connectivity index is 2.06. The van der Waals surface area contributed by atoms with Gasteiger partial charge < -0.3 is 15.4 Å². The van der Waals surface area contributed by atoms with Crippen molar-refractivity contribution in [1.29, 1.82) is 0 Å². The number of rotatable bonds is 3. The molecule has 0 radical (unpaired) electrons. The van der Waals surface area contributed by atoms with Gasteiger partial charge in [-0.25, -0.2) is 4.39 Å². The van der Waals surface area contributed by atoms with E-state index in [-0.39, 0.29) is 22.9 Å². The summed E-state index contributed by atoms with van der Waals surface area (Å²) in [7, 11) is 0. The number of benzene rings is 2. The van der Waals surface area contributed by atoms with E-state index in [1.165, 1.54) is 24.3 Å². The smallest absolute Gasteiger partial charge is 0.252 e. The maximum atomic E-state index is 14.7. The van der Waals surface area contributed by atoms with Crippen LogP contribution in [-0.4, -0.2) is 15.6 Å². The number of hydrogen-bond donors (Lipinski definition) is 2. The SMILES string of the molecule is NC(=O)c1cc(=O)n(C2CC2)c2cc(-c3ccc(O)cc3)c(F)cc12. The zero-order valence-corrected chi connectivity index (χ0v) is 13.2. The minimum Gasteiger partial charge on any atom is -0.508 e. The number of phenolic OH excluding ortho intramolecular Hbond substituents is 1.